The lowest BCUT2D eigenvalue weighted by atomic mass is 10.0. The summed E-state index contributed by atoms with van der Waals surface area (Å²) in [5, 5.41) is 4.46. The number of halogens is 1. The van der Waals surface area contributed by atoms with Gasteiger partial charge in [-0.1, -0.05) is 36.4 Å². The second-order valence-corrected chi connectivity index (χ2v) is 8.49. The molecule has 0 amide bonds. The molecule has 2 N–H and O–H groups in total. The van der Waals surface area contributed by atoms with E-state index in [0.29, 0.717) is 12.1 Å². The molecule has 0 unspecified atom stereocenters. The molecule has 0 aliphatic carbocycles. The smallest absolute Gasteiger partial charge is 0.147 e. The Morgan fingerprint density at radius 1 is 1.07 bits per heavy atom. The number of thiophene rings is 1. The van der Waals surface area contributed by atoms with Gasteiger partial charge in [0.25, 0.3) is 0 Å². The molecule has 3 aromatic heterocycles. The number of hydrogen-bond donors (Lipinski definition) is 2. The van der Waals surface area contributed by atoms with E-state index in [2.05, 4.69) is 38.5 Å². The molecule has 3 heterocycles. The average Bonchev–Trinajstić information content (AvgIpc) is 3.34. The van der Waals surface area contributed by atoms with Crippen LogP contribution in [0.3, 0.4) is 0 Å². The fraction of sp³-hybridized carbons (Fsp3) is 0.167. The summed E-state index contributed by atoms with van der Waals surface area (Å²) in [5.74, 6) is 0.634. The van der Waals surface area contributed by atoms with Crippen LogP contribution in [0, 0.1) is 19.7 Å². The van der Waals surface area contributed by atoms with Crippen molar-refractivity contribution in [1.29, 1.82) is 0 Å². The second-order valence-electron chi connectivity index (χ2n) is 7.43. The van der Waals surface area contributed by atoms with Crippen molar-refractivity contribution in [3.63, 3.8) is 0 Å². The molecule has 0 saturated carbocycles. The number of aromatic nitrogens is 3. The van der Waals surface area contributed by atoms with E-state index in [1.54, 1.807) is 17.7 Å². The summed E-state index contributed by atoms with van der Waals surface area (Å²) in [6.45, 7) is 4.73. The molecule has 6 heteroatoms. The summed E-state index contributed by atoms with van der Waals surface area (Å²) in [4.78, 5) is 13.3. The predicted molar refractivity (Wildman–Crippen MR) is 123 cm³/mol. The van der Waals surface area contributed by atoms with Gasteiger partial charge < -0.3 is 10.3 Å². The Morgan fingerprint density at radius 3 is 2.73 bits per heavy atom. The van der Waals surface area contributed by atoms with Gasteiger partial charge in [0.05, 0.1) is 15.7 Å². The molecule has 5 aromatic rings. The van der Waals surface area contributed by atoms with Gasteiger partial charge >= 0.3 is 0 Å². The fourth-order valence-electron chi connectivity index (χ4n) is 3.99. The molecule has 0 bridgehead atoms. The molecule has 0 aliphatic heterocycles. The summed E-state index contributed by atoms with van der Waals surface area (Å²) in [5.41, 5.74) is 5.96. The van der Waals surface area contributed by atoms with Gasteiger partial charge in [0.1, 0.15) is 18.0 Å². The highest BCUT2D eigenvalue weighted by atomic mass is 32.1. The zero-order valence-corrected chi connectivity index (χ0v) is 17.6. The minimum absolute atomic E-state index is 0.206. The maximum atomic E-state index is 14.2. The minimum Gasteiger partial charge on any atom is -0.368 e. The average molecular weight is 417 g/mol. The zero-order valence-electron chi connectivity index (χ0n) is 16.8. The summed E-state index contributed by atoms with van der Waals surface area (Å²) >= 11 is 1.69. The van der Waals surface area contributed by atoms with Crippen LogP contribution in [0.1, 0.15) is 16.8 Å². The van der Waals surface area contributed by atoms with Crippen molar-refractivity contribution in [2.45, 2.75) is 20.3 Å². The van der Waals surface area contributed by atoms with E-state index in [1.807, 2.05) is 38.1 Å². The molecular formula is C24H21FN4S. The molecule has 2 aromatic carbocycles. The number of nitrogens with zero attached hydrogens (tertiary/aromatic N) is 2. The molecule has 0 atom stereocenters. The molecular weight excluding hydrogens is 395 g/mol. The summed E-state index contributed by atoms with van der Waals surface area (Å²) in [7, 11) is 0. The first-order valence-electron chi connectivity index (χ1n) is 9.92. The van der Waals surface area contributed by atoms with Crippen LogP contribution in [0.5, 0.6) is 0 Å². The van der Waals surface area contributed by atoms with Crippen molar-refractivity contribution >= 4 is 38.3 Å². The van der Waals surface area contributed by atoms with Crippen LogP contribution in [0.15, 0.2) is 54.9 Å². The van der Waals surface area contributed by atoms with E-state index in [-0.39, 0.29) is 5.82 Å². The first kappa shape index (κ1) is 18.8. The molecule has 0 aliphatic rings. The van der Waals surface area contributed by atoms with Crippen molar-refractivity contribution in [3.8, 4) is 10.4 Å². The number of aromatic amines is 1. The lowest BCUT2D eigenvalue weighted by Gasteiger charge is -2.07. The summed E-state index contributed by atoms with van der Waals surface area (Å²) in [6, 6.07) is 15.8. The monoisotopic (exact) mass is 416 g/mol. The highest BCUT2D eigenvalue weighted by Gasteiger charge is 2.15. The summed E-state index contributed by atoms with van der Waals surface area (Å²) in [6.07, 6.45) is 2.38. The van der Waals surface area contributed by atoms with Crippen LogP contribution in [0.25, 0.3) is 31.6 Å². The van der Waals surface area contributed by atoms with Gasteiger partial charge in [-0.05, 0) is 49.1 Å². The standard InChI is InChI=1S/C24H21FN4S/c1-14-8-9-18(25)22-21(14)17(15(2)29-22)10-11-26-24-23-19(27-13-28-24)12-20(30-23)16-6-4-3-5-7-16/h3-9,12-13,29H,10-11H2,1-2H3,(H,26,27,28). The van der Waals surface area contributed by atoms with E-state index in [1.165, 1.54) is 16.5 Å². The van der Waals surface area contributed by atoms with Crippen LogP contribution >= 0.6 is 11.3 Å². The lowest BCUT2D eigenvalue weighted by molar-refractivity contribution is 0.637. The third-order valence-corrected chi connectivity index (χ3v) is 6.65. The molecule has 5 rings (SSSR count). The highest BCUT2D eigenvalue weighted by molar-refractivity contribution is 7.22. The summed E-state index contributed by atoms with van der Waals surface area (Å²) < 4.78 is 15.3. The maximum Gasteiger partial charge on any atom is 0.147 e. The molecule has 0 fully saturated rings. The van der Waals surface area contributed by atoms with Crippen molar-refractivity contribution in [2.24, 2.45) is 0 Å². The molecule has 30 heavy (non-hydrogen) atoms. The second kappa shape index (κ2) is 7.54. The quantitative estimate of drug-likeness (QED) is 0.356. The largest absolute Gasteiger partial charge is 0.368 e. The van der Waals surface area contributed by atoms with Crippen LogP contribution in [0.4, 0.5) is 10.2 Å². The third-order valence-electron chi connectivity index (χ3n) is 5.47. The number of nitrogens with one attached hydrogen (secondary N) is 2. The Balaban J connectivity index is 1.41. The SMILES string of the molecule is Cc1[nH]c2c(F)ccc(C)c2c1CCNc1ncnc2cc(-c3ccccc3)sc12. The molecule has 0 spiro atoms. The van der Waals surface area contributed by atoms with Crippen LogP contribution in [-0.2, 0) is 6.42 Å². The van der Waals surface area contributed by atoms with Crippen molar-refractivity contribution in [1.82, 2.24) is 15.0 Å². The lowest BCUT2D eigenvalue weighted by Crippen LogP contribution is -2.07. The van der Waals surface area contributed by atoms with Gasteiger partial charge in [0, 0.05) is 22.5 Å². The van der Waals surface area contributed by atoms with Crippen LogP contribution < -0.4 is 5.32 Å². The topological polar surface area (TPSA) is 53.6 Å². The van der Waals surface area contributed by atoms with Gasteiger partial charge in [0.15, 0.2) is 0 Å². The van der Waals surface area contributed by atoms with E-state index in [4.69, 9.17) is 0 Å². The number of aryl methyl sites for hydroxylation is 2. The van der Waals surface area contributed by atoms with Crippen molar-refractivity contribution in [3.05, 3.63) is 77.5 Å². The van der Waals surface area contributed by atoms with E-state index in [0.717, 1.165) is 44.7 Å². The molecule has 150 valence electrons. The van der Waals surface area contributed by atoms with E-state index >= 15 is 0 Å². The van der Waals surface area contributed by atoms with Crippen LogP contribution in [0.2, 0.25) is 0 Å². The highest BCUT2D eigenvalue weighted by Crippen LogP contribution is 2.35. The number of rotatable bonds is 5. The predicted octanol–water partition coefficient (Wildman–Crippen LogP) is 6.25. The first-order chi connectivity index (χ1) is 14.6. The van der Waals surface area contributed by atoms with Gasteiger partial charge in [0.2, 0.25) is 0 Å². The van der Waals surface area contributed by atoms with Gasteiger partial charge in [-0.25, -0.2) is 14.4 Å². The van der Waals surface area contributed by atoms with E-state index < -0.39 is 0 Å². The van der Waals surface area contributed by atoms with Crippen molar-refractivity contribution in [2.75, 3.05) is 11.9 Å². The number of fused-ring (bicyclic) bond motifs is 2. The Hall–Kier alpha value is -3.25. The zero-order chi connectivity index (χ0) is 20.7. The maximum absolute atomic E-state index is 14.2. The Labute approximate surface area is 177 Å². The number of benzene rings is 2. The molecule has 0 radical (unpaired) electrons. The Bertz CT molecular complexity index is 1350. The van der Waals surface area contributed by atoms with Crippen molar-refractivity contribution < 1.29 is 4.39 Å². The number of hydrogen-bond acceptors (Lipinski definition) is 4. The van der Waals surface area contributed by atoms with Gasteiger partial charge in [-0.15, -0.1) is 11.3 Å². The Morgan fingerprint density at radius 2 is 1.90 bits per heavy atom. The number of H-pyrrole nitrogens is 1. The molecule has 0 saturated heterocycles. The normalized spacial score (nSPS) is 11.4. The Kier molecular flexibility index (Phi) is 4.71. The van der Waals surface area contributed by atoms with Gasteiger partial charge in [-0.2, -0.15) is 0 Å². The van der Waals surface area contributed by atoms with E-state index in [9.17, 15) is 4.39 Å². The van der Waals surface area contributed by atoms with Gasteiger partial charge in [-0.3, -0.25) is 0 Å². The first-order valence-corrected chi connectivity index (χ1v) is 10.7. The molecule has 4 nitrogen and oxygen atoms in total. The minimum atomic E-state index is -0.206. The third kappa shape index (κ3) is 3.23. The number of anilines is 1. The fourth-order valence-corrected chi connectivity index (χ4v) is 5.07. The van der Waals surface area contributed by atoms with Crippen LogP contribution in [-0.4, -0.2) is 21.5 Å².